The largest absolute Gasteiger partial charge is 0.494 e. The van der Waals surface area contributed by atoms with Crippen LogP contribution in [-0.4, -0.2) is 27.9 Å². The molecule has 0 bridgehead atoms. The molecule has 0 saturated carbocycles. The quantitative estimate of drug-likeness (QED) is 0.482. The minimum atomic E-state index is -0.520. The van der Waals surface area contributed by atoms with Gasteiger partial charge in [-0.05, 0) is 35.4 Å². The Balaban J connectivity index is 1.62. The fourth-order valence-electron chi connectivity index (χ4n) is 3.53. The van der Waals surface area contributed by atoms with Crippen LogP contribution in [0.5, 0.6) is 5.75 Å². The average Bonchev–Trinajstić information content (AvgIpc) is 2.79. The number of carbonyl (C=O) groups is 1. The summed E-state index contributed by atoms with van der Waals surface area (Å²) in [6.45, 7) is 0.446. The number of carbonyl (C=O) groups excluding carboxylic acids is 1. The van der Waals surface area contributed by atoms with Gasteiger partial charge in [-0.1, -0.05) is 48.5 Å². The Hall–Kier alpha value is -4.00. The van der Waals surface area contributed by atoms with Crippen LogP contribution in [0, 0.1) is 5.82 Å². The van der Waals surface area contributed by atoms with Crippen LogP contribution in [0.4, 0.5) is 4.39 Å². The van der Waals surface area contributed by atoms with Crippen LogP contribution < -0.4 is 10.3 Å². The smallest absolute Gasteiger partial charge is 0.258 e. The van der Waals surface area contributed by atoms with Crippen molar-refractivity contribution < 1.29 is 13.9 Å². The summed E-state index contributed by atoms with van der Waals surface area (Å²) in [7, 11) is 1.39. The maximum absolute atomic E-state index is 14.1. The molecule has 0 fully saturated rings. The van der Waals surface area contributed by atoms with Gasteiger partial charge in [0.05, 0.1) is 31.0 Å². The molecule has 1 amide bonds. The van der Waals surface area contributed by atoms with Crippen molar-refractivity contribution in [3.05, 3.63) is 106 Å². The number of hydrogen-bond acceptors (Lipinski definition) is 4. The van der Waals surface area contributed by atoms with E-state index in [2.05, 4.69) is 9.97 Å². The lowest BCUT2D eigenvalue weighted by atomic mass is 10.1. The Bertz CT molecular complexity index is 1300. The number of ether oxygens (including phenoxy) is 1. The van der Waals surface area contributed by atoms with Crippen LogP contribution in [0.3, 0.4) is 0 Å². The van der Waals surface area contributed by atoms with Crippen LogP contribution in [0.15, 0.2) is 77.6 Å². The van der Waals surface area contributed by atoms with Crippen molar-refractivity contribution in [2.45, 2.75) is 19.5 Å². The summed E-state index contributed by atoms with van der Waals surface area (Å²) >= 11 is 0. The second-order valence-electron chi connectivity index (χ2n) is 7.41. The predicted octanol–water partition coefficient (Wildman–Crippen LogP) is 3.84. The third-order valence-electron chi connectivity index (χ3n) is 5.14. The molecule has 7 heteroatoms. The highest BCUT2D eigenvalue weighted by Crippen LogP contribution is 2.19. The molecule has 0 saturated heterocycles. The monoisotopic (exact) mass is 431 g/mol. The fourth-order valence-corrected chi connectivity index (χ4v) is 3.53. The topological polar surface area (TPSA) is 75.3 Å². The number of rotatable bonds is 7. The highest BCUT2D eigenvalue weighted by atomic mass is 19.1. The molecule has 0 spiro atoms. The van der Waals surface area contributed by atoms with Gasteiger partial charge in [0.15, 0.2) is 11.6 Å². The molecule has 32 heavy (non-hydrogen) atoms. The number of benzene rings is 3. The van der Waals surface area contributed by atoms with Gasteiger partial charge in [-0.3, -0.25) is 9.59 Å². The van der Waals surface area contributed by atoms with Gasteiger partial charge < -0.3 is 14.6 Å². The van der Waals surface area contributed by atoms with E-state index in [0.717, 1.165) is 5.56 Å². The zero-order valence-corrected chi connectivity index (χ0v) is 17.5. The van der Waals surface area contributed by atoms with Crippen molar-refractivity contribution in [1.29, 1.82) is 0 Å². The first kappa shape index (κ1) is 21.2. The minimum Gasteiger partial charge on any atom is -0.494 e. The number of fused-ring (bicyclic) bond motifs is 1. The van der Waals surface area contributed by atoms with E-state index in [1.165, 1.54) is 19.2 Å². The Kier molecular flexibility index (Phi) is 6.26. The summed E-state index contributed by atoms with van der Waals surface area (Å²) in [5, 5.41) is 0.492. The Morgan fingerprint density at radius 1 is 1.00 bits per heavy atom. The number of H-pyrrole nitrogens is 1. The summed E-state index contributed by atoms with van der Waals surface area (Å²) in [4.78, 5) is 34.5. The molecule has 0 atom stereocenters. The summed E-state index contributed by atoms with van der Waals surface area (Å²) < 4.78 is 19.0. The molecule has 0 aliphatic carbocycles. The standard InChI is InChI=1S/C25H22FN3O3/c1-32-22-12-11-18(13-20(22)26)14-24(30)29(15-17-7-3-2-4-8-17)16-23-27-21-10-6-5-9-19(21)25(31)28-23/h2-13H,14-16H2,1H3,(H,27,28,31). The van der Waals surface area contributed by atoms with Gasteiger partial charge in [-0.25, -0.2) is 9.37 Å². The molecule has 4 rings (SSSR count). The number of aromatic nitrogens is 2. The van der Waals surface area contributed by atoms with Crippen LogP contribution in [0.25, 0.3) is 10.9 Å². The molecule has 4 aromatic rings. The lowest BCUT2D eigenvalue weighted by Crippen LogP contribution is -2.33. The molecule has 6 nitrogen and oxygen atoms in total. The number of para-hydroxylation sites is 1. The number of halogens is 1. The normalized spacial score (nSPS) is 10.8. The molecule has 3 aromatic carbocycles. The number of nitrogens with one attached hydrogen (secondary N) is 1. The van der Waals surface area contributed by atoms with Gasteiger partial charge in [0.25, 0.3) is 5.56 Å². The Labute approximate surface area is 184 Å². The lowest BCUT2D eigenvalue weighted by molar-refractivity contribution is -0.131. The van der Waals surface area contributed by atoms with Gasteiger partial charge >= 0.3 is 0 Å². The molecule has 0 radical (unpaired) electrons. The Morgan fingerprint density at radius 2 is 1.75 bits per heavy atom. The number of amides is 1. The molecule has 0 aliphatic heterocycles. The Morgan fingerprint density at radius 3 is 2.50 bits per heavy atom. The van der Waals surface area contributed by atoms with Crippen molar-refractivity contribution in [3.8, 4) is 5.75 Å². The highest BCUT2D eigenvalue weighted by Gasteiger charge is 2.18. The van der Waals surface area contributed by atoms with E-state index in [0.29, 0.717) is 28.8 Å². The summed E-state index contributed by atoms with van der Waals surface area (Å²) in [6.07, 6.45) is 0.00552. The van der Waals surface area contributed by atoms with Gasteiger partial charge in [0.1, 0.15) is 5.82 Å². The van der Waals surface area contributed by atoms with Crippen LogP contribution in [-0.2, 0) is 24.3 Å². The first-order valence-corrected chi connectivity index (χ1v) is 10.2. The van der Waals surface area contributed by atoms with Crippen molar-refractivity contribution in [2.75, 3.05) is 7.11 Å². The van der Waals surface area contributed by atoms with Crippen molar-refractivity contribution >= 4 is 16.8 Å². The van der Waals surface area contributed by atoms with Crippen molar-refractivity contribution in [2.24, 2.45) is 0 Å². The van der Waals surface area contributed by atoms with Crippen molar-refractivity contribution in [3.63, 3.8) is 0 Å². The van der Waals surface area contributed by atoms with Gasteiger partial charge in [0.2, 0.25) is 5.91 Å². The molecule has 1 aromatic heterocycles. The first-order valence-electron chi connectivity index (χ1n) is 10.2. The number of nitrogens with zero attached hydrogens (tertiary/aromatic N) is 2. The van der Waals surface area contributed by atoms with E-state index in [1.54, 1.807) is 29.2 Å². The molecule has 1 heterocycles. The third kappa shape index (κ3) is 4.83. The molecule has 162 valence electrons. The SMILES string of the molecule is COc1ccc(CC(=O)N(Cc2ccccc2)Cc2nc3ccccc3c(=O)[nH]2)cc1F. The van der Waals surface area contributed by atoms with Gasteiger partial charge in [-0.15, -0.1) is 0 Å². The second-order valence-corrected chi connectivity index (χ2v) is 7.41. The number of aromatic amines is 1. The maximum Gasteiger partial charge on any atom is 0.258 e. The third-order valence-corrected chi connectivity index (χ3v) is 5.14. The van der Waals surface area contributed by atoms with Crippen molar-refractivity contribution in [1.82, 2.24) is 14.9 Å². The predicted molar refractivity (Wildman–Crippen MR) is 120 cm³/mol. The number of hydrogen-bond donors (Lipinski definition) is 1. The molecule has 1 N–H and O–H groups in total. The van der Waals surface area contributed by atoms with Crippen LogP contribution in [0.2, 0.25) is 0 Å². The van der Waals surface area contributed by atoms with E-state index in [9.17, 15) is 14.0 Å². The van der Waals surface area contributed by atoms with E-state index < -0.39 is 5.82 Å². The van der Waals surface area contributed by atoms with E-state index in [1.807, 2.05) is 36.4 Å². The molecule has 0 aliphatic rings. The van der Waals surface area contributed by atoms with Crippen LogP contribution in [0.1, 0.15) is 17.0 Å². The maximum atomic E-state index is 14.1. The summed E-state index contributed by atoms with van der Waals surface area (Å²) in [6, 6.07) is 21.0. The van der Waals surface area contributed by atoms with Gasteiger partial charge in [-0.2, -0.15) is 0 Å². The summed E-state index contributed by atoms with van der Waals surface area (Å²) in [5.41, 5.74) is 1.78. The van der Waals surface area contributed by atoms with Crippen LogP contribution >= 0.6 is 0 Å². The lowest BCUT2D eigenvalue weighted by Gasteiger charge is -2.23. The number of methoxy groups -OCH3 is 1. The zero-order valence-electron chi connectivity index (χ0n) is 17.5. The molecular formula is C25H22FN3O3. The fraction of sp³-hybridized carbons (Fsp3) is 0.160. The second kappa shape index (κ2) is 9.43. The minimum absolute atomic E-state index is 0.00552. The van der Waals surface area contributed by atoms with E-state index >= 15 is 0 Å². The first-order chi connectivity index (χ1) is 15.5. The zero-order chi connectivity index (χ0) is 22.5. The van der Waals surface area contributed by atoms with E-state index in [-0.39, 0.29) is 30.2 Å². The van der Waals surface area contributed by atoms with Gasteiger partial charge in [0, 0.05) is 6.54 Å². The molecule has 0 unspecified atom stereocenters. The average molecular weight is 431 g/mol. The summed E-state index contributed by atoms with van der Waals surface area (Å²) in [5.74, 6) is -0.221. The van der Waals surface area contributed by atoms with E-state index in [4.69, 9.17) is 4.74 Å². The highest BCUT2D eigenvalue weighted by molar-refractivity contribution is 5.79. The molecular weight excluding hydrogens is 409 g/mol.